The van der Waals surface area contributed by atoms with Crippen LogP contribution >= 0.6 is 0 Å². The zero-order valence-electron chi connectivity index (χ0n) is 22.0. The smallest absolute Gasteiger partial charge is 0.319 e. The van der Waals surface area contributed by atoms with Gasteiger partial charge in [-0.3, -0.25) is 9.69 Å². The third kappa shape index (κ3) is 7.17. The average molecular weight is 510 g/mol. The predicted molar refractivity (Wildman–Crippen MR) is 144 cm³/mol. The first-order valence-corrected chi connectivity index (χ1v) is 13.6. The molecular weight excluding hydrogens is 469 g/mol. The summed E-state index contributed by atoms with van der Waals surface area (Å²) in [7, 11) is 0. The summed E-state index contributed by atoms with van der Waals surface area (Å²) < 4.78 is 13.4. The zero-order valence-corrected chi connectivity index (χ0v) is 22.0. The van der Waals surface area contributed by atoms with Crippen molar-refractivity contribution in [2.75, 3.05) is 25.0 Å². The zero-order chi connectivity index (χ0) is 26.4. The number of nitrogens with one attached hydrogen (secondary N) is 2. The molecule has 7 heteroatoms. The number of amides is 2. The van der Waals surface area contributed by atoms with Crippen LogP contribution in [-0.4, -0.2) is 53.1 Å². The van der Waals surface area contributed by atoms with Crippen LogP contribution in [0.25, 0.3) is 0 Å². The number of likely N-dealkylation sites (tertiary alicyclic amines) is 1. The number of hydrogen-bond donors (Lipinski definition) is 3. The van der Waals surface area contributed by atoms with Crippen LogP contribution in [0.1, 0.15) is 80.6 Å². The lowest BCUT2D eigenvalue weighted by Crippen LogP contribution is -2.58. The Morgan fingerprint density at radius 1 is 1.08 bits per heavy atom. The standard InChI is InChI=1S/C30H40FN3O3/c1-21-17-25(23-11-13-27(31)14-12-23)15-16-34(21)20-30(37,26-8-4-3-5-9-26)19-32-29(36)33-28-10-6-7-24(18-28)22(2)35/h6-7,10-14,18,21,25-26,37H,3-5,8-9,15-17,19-20H2,1-2H3,(H2,32,33,36). The van der Waals surface area contributed by atoms with Crippen molar-refractivity contribution in [1.82, 2.24) is 10.2 Å². The van der Waals surface area contributed by atoms with Gasteiger partial charge in [0.2, 0.25) is 0 Å². The molecule has 0 spiro atoms. The number of ketones is 1. The third-order valence-electron chi connectivity index (χ3n) is 8.28. The molecule has 2 aromatic rings. The number of anilines is 1. The fraction of sp³-hybridized carbons (Fsp3) is 0.533. The number of urea groups is 1. The quantitative estimate of drug-likeness (QED) is 0.397. The number of hydrogen-bond acceptors (Lipinski definition) is 4. The molecule has 2 amide bonds. The Balaban J connectivity index is 1.39. The van der Waals surface area contributed by atoms with Gasteiger partial charge < -0.3 is 15.7 Å². The lowest BCUT2D eigenvalue weighted by Gasteiger charge is -2.46. The van der Waals surface area contributed by atoms with Crippen LogP contribution in [-0.2, 0) is 0 Å². The van der Waals surface area contributed by atoms with E-state index < -0.39 is 11.6 Å². The second-order valence-electron chi connectivity index (χ2n) is 11.0. The highest BCUT2D eigenvalue weighted by atomic mass is 19.1. The Bertz CT molecular complexity index is 1070. The lowest BCUT2D eigenvalue weighted by molar-refractivity contribution is -0.0662. The van der Waals surface area contributed by atoms with Crippen molar-refractivity contribution >= 4 is 17.5 Å². The Morgan fingerprint density at radius 2 is 1.81 bits per heavy atom. The van der Waals surface area contributed by atoms with Gasteiger partial charge >= 0.3 is 6.03 Å². The maximum absolute atomic E-state index is 13.4. The Labute approximate surface area is 219 Å². The number of piperidine rings is 1. The summed E-state index contributed by atoms with van der Waals surface area (Å²) in [6, 6.07) is 13.6. The normalized spacial score (nSPS) is 22.7. The number of nitrogens with zero attached hydrogens (tertiary/aromatic N) is 1. The average Bonchev–Trinajstić information content (AvgIpc) is 2.90. The number of aliphatic hydroxyl groups is 1. The van der Waals surface area contributed by atoms with Crippen LogP contribution < -0.4 is 10.6 Å². The first-order valence-electron chi connectivity index (χ1n) is 13.6. The molecule has 6 nitrogen and oxygen atoms in total. The van der Waals surface area contributed by atoms with Crippen LogP contribution in [0.5, 0.6) is 0 Å². The lowest BCUT2D eigenvalue weighted by atomic mass is 9.75. The molecule has 2 fully saturated rings. The van der Waals surface area contributed by atoms with Crippen molar-refractivity contribution in [2.45, 2.75) is 76.4 Å². The molecule has 3 N–H and O–H groups in total. The molecule has 3 unspecified atom stereocenters. The molecule has 1 saturated heterocycles. The van der Waals surface area contributed by atoms with Gasteiger partial charge in [-0.2, -0.15) is 0 Å². The number of Topliss-reactive ketones (excluding diaryl/α,β-unsaturated/α-hetero) is 1. The van der Waals surface area contributed by atoms with E-state index in [0.29, 0.717) is 23.7 Å². The molecule has 1 aliphatic carbocycles. The molecule has 2 aliphatic rings. The van der Waals surface area contributed by atoms with E-state index in [0.717, 1.165) is 45.1 Å². The van der Waals surface area contributed by atoms with Crippen molar-refractivity contribution < 1.29 is 19.1 Å². The van der Waals surface area contributed by atoms with E-state index in [4.69, 9.17) is 0 Å². The minimum absolute atomic E-state index is 0.0620. The van der Waals surface area contributed by atoms with E-state index in [1.807, 2.05) is 12.1 Å². The van der Waals surface area contributed by atoms with Gasteiger partial charge in [0, 0.05) is 30.4 Å². The first-order chi connectivity index (χ1) is 17.7. The van der Waals surface area contributed by atoms with Crippen LogP contribution in [0.4, 0.5) is 14.9 Å². The first kappa shape index (κ1) is 27.3. The van der Waals surface area contributed by atoms with Gasteiger partial charge in [-0.25, -0.2) is 9.18 Å². The molecule has 37 heavy (non-hydrogen) atoms. The monoisotopic (exact) mass is 509 g/mol. The van der Waals surface area contributed by atoms with E-state index in [1.165, 1.54) is 31.0 Å². The molecule has 3 atom stereocenters. The van der Waals surface area contributed by atoms with Crippen molar-refractivity contribution in [2.24, 2.45) is 5.92 Å². The number of carbonyl (C=O) groups is 2. The van der Waals surface area contributed by atoms with Crippen LogP contribution in [0, 0.1) is 11.7 Å². The summed E-state index contributed by atoms with van der Waals surface area (Å²) in [4.78, 5) is 26.8. The number of halogens is 1. The van der Waals surface area contributed by atoms with Crippen LogP contribution in [0.2, 0.25) is 0 Å². The predicted octanol–water partition coefficient (Wildman–Crippen LogP) is 5.73. The second kappa shape index (κ2) is 12.2. The number of β-amino-alcohol motifs (C(OH)–C–C–N with tert-alkyl or cyclic N) is 1. The van der Waals surface area contributed by atoms with Gasteiger partial charge in [-0.15, -0.1) is 0 Å². The molecule has 1 aliphatic heterocycles. The molecule has 2 aromatic carbocycles. The molecule has 0 bridgehead atoms. The summed E-state index contributed by atoms with van der Waals surface area (Å²) in [5, 5.41) is 17.7. The van der Waals surface area contributed by atoms with E-state index in [2.05, 4.69) is 22.5 Å². The van der Waals surface area contributed by atoms with E-state index in [1.54, 1.807) is 24.3 Å². The van der Waals surface area contributed by atoms with Crippen molar-refractivity contribution in [1.29, 1.82) is 0 Å². The largest absolute Gasteiger partial charge is 0.386 e. The Kier molecular flexibility index (Phi) is 8.98. The molecule has 4 rings (SSSR count). The summed E-state index contributed by atoms with van der Waals surface area (Å²) in [6.45, 7) is 5.21. The summed E-state index contributed by atoms with van der Waals surface area (Å²) in [5.41, 5.74) is 1.22. The van der Waals surface area contributed by atoms with Gasteiger partial charge in [0.1, 0.15) is 5.82 Å². The van der Waals surface area contributed by atoms with Crippen LogP contribution in [0.3, 0.4) is 0 Å². The Hall–Kier alpha value is -2.77. The Morgan fingerprint density at radius 3 is 2.49 bits per heavy atom. The topological polar surface area (TPSA) is 81.7 Å². The minimum Gasteiger partial charge on any atom is -0.386 e. The van der Waals surface area contributed by atoms with Crippen molar-refractivity contribution in [3.63, 3.8) is 0 Å². The highest BCUT2D eigenvalue weighted by Crippen LogP contribution is 2.37. The highest BCUT2D eigenvalue weighted by Gasteiger charge is 2.41. The molecule has 0 aromatic heterocycles. The van der Waals surface area contributed by atoms with Gasteiger partial charge in [0.05, 0.1) is 5.60 Å². The van der Waals surface area contributed by atoms with Crippen molar-refractivity contribution in [3.8, 4) is 0 Å². The number of carbonyl (C=O) groups excluding carboxylic acids is 2. The van der Waals surface area contributed by atoms with Crippen LogP contribution in [0.15, 0.2) is 48.5 Å². The van der Waals surface area contributed by atoms with E-state index in [-0.39, 0.29) is 30.1 Å². The SMILES string of the molecule is CC(=O)c1cccc(NC(=O)NCC(O)(CN2CCC(c3ccc(F)cc3)CC2C)C2CCCCC2)c1. The van der Waals surface area contributed by atoms with Gasteiger partial charge in [-0.05, 0) is 87.7 Å². The third-order valence-corrected chi connectivity index (χ3v) is 8.28. The van der Waals surface area contributed by atoms with Gasteiger partial charge in [0.15, 0.2) is 5.78 Å². The molecule has 1 heterocycles. The van der Waals surface area contributed by atoms with Gasteiger partial charge in [-0.1, -0.05) is 43.5 Å². The molecular formula is C30H40FN3O3. The summed E-state index contributed by atoms with van der Waals surface area (Å²) in [5.74, 6) is 0.233. The maximum atomic E-state index is 13.4. The summed E-state index contributed by atoms with van der Waals surface area (Å²) in [6.07, 6.45) is 7.20. The fourth-order valence-electron chi connectivity index (χ4n) is 6.04. The fourth-order valence-corrected chi connectivity index (χ4v) is 6.04. The van der Waals surface area contributed by atoms with Crippen molar-refractivity contribution in [3.05, 3.63) is 65.5 Å². The highest BCUT2D eigenvalue weighted by molar-refractivity contribution is 5.96. The van der Waals surface area contributed by atoms with E-state index in [9.17, 15) is 19.1 Å². The van der Waals surface area contributed by atoms with Gasteiger partial charge in [0.25, 0.3) is 0 Å². The number of benzene rings is 2. The summed E-state index contributed by atoms with van der Waals surface area (Å²) >= 11 is 0. The minimum atomic E-state index is -1.03. The maximum Gasteiger partial charge on any atom is 0.319 e. The number of rotatable bonds is 8. The molecule has 0 radical (unpaired) electrons. The molecule has 1 saturated carbocycles. The second-order valence-corrected chi connectivity index (χ2v) is 11.0. The molecule has 200 valence electrons. The van der Waals surface area contributed by atoms with E-state index >= 15 is 0 Å².